The fraction of sp³-hybridized carbons (Fsp3) is 0.125. The van der Waals surface area contributed by atoms with Crippen molar-refractivity contribution in [3.63, 3.8) is 0 Å². The van der Waals surface area contributed by atoms with Gasteiger partial charge in [-0.2, -0.15) is 4.80 Å². The van der Waals surface area contributed by atoms with Gasteiger partial charge in [0.15, 0.2) is 5.78 Å². The molecule has 0 bridgehead atoms. The lowest BCUT2D eigenvalue weighted by Crippen LogP contribution is -2.13. The van der Waals surface area contributed by atoms with Gasteiger partial charge in [-0.1, -0.05) is 23.7 Å². The number of carbonyl (C=O) groups is 1. The molecule has 1 heterocycles. The summed E-state index contributed by atoms with van der Waals surface area (Å²) in [4.78, 5) is 13.4. The first-order chi connectivity index (χ1) is 11.2. The van der Waals surface area contributed by atoms with Gasteiger partial charge in [0, 0.05) is 16.1 Å². The SMILES string of the molecule is COc1cccc(-c2nnn(CC(=O)c3ccc(Cl)cc3)n2)c1. The molecule has 3 rings (SSSR count). The maximum atomic E-state index is 12.2. The summed E-state index contributed by atoms with van der Waals surface area (Å²) in [6.07, 6.45) is 0. The zero-order valence-corrected chi connectivity index (χ0v) is 13.1. The number of ether oxygens (including phenoxy) is 1. The van der Waals surface area contributed by atoms with Crippen LogP contribution in [0, 0.1) is 0 Å². The number of nitrogens with zero attached hydrogens (tertiary/aromatic N) is 4. The Morgan fingerprint density at radius 2 is 2.00 bits per heavy atom. The third-order valence-corrected chi connectivity index (χ3v) is 3.48. The van der Waals surface area contributed by atoms with Gasteiger partial charge in [-0.15, -0.1) is 10.2 Å². The van der Waals surface area contributed by atoms with Gasteiger partial charge in [-0.3, -0.25) is 4.79 Å². The number of benzene rings is 2. The molecule has 0 fully saturated rings. The minimum Gasteiger partial charge on any atom is -0.497 e. The van der Waals surface area contributed by atoms with Crippen LogP contribution in [0.5, 0.6) is 5.75 Å². The molecule has 0 spiro atoms. The van der Waals surface area contributed by atoms with Crippen molar-refractivity contribution in [3.8, 4) is 17.1 Å². The van der Waals surface area contributed by atoms with E-state index < -0.39 is 0 Å². The van der Waals surface area contributed by atoms with E-state index in [1.165, 1.54) is 4.80 Å². The van der Waals surface area contributed by atoms with E-state index in [2.05, 4.69) is 15.4 Å². The van der Waals surface area contributed by atoms with E-state index >= 15 is 0 Å². The van der Waals surface area contributed by atoms with E-state index in [0.717, 1.165) is 5.56 Å². The number of Topliss-reactive ketones (excluding diaryl/α,β-unsaturated/α-hetero) is 1. The van der Waals surface area contributed by atoms with Crippen LogP contribution in [0.15, 0.2) is 48.5 Å². The van der Waals surface area contributed by atoms with Crippen molar-refractivity contribution in [2.75, 3.05) is 7.11 Å². The van der Waals surface area contributed by atoms with Gasteiger partial charge >= 0.3 is 0 Å². The molecular weight excluding hydrogens is 316 g/mol. The first kappa shape index (κ1) is 15.2. The van der Waals surface area contributed by atoms with E-state index in [1.54, 1.807) is 31.4 Å². The quantitative estimate of drug-likeness (QED) is 0.673. The molecule has 6 nitrogen and oxygen atoms in total. The molecule has 0 saturated heterocycles. The van der Waals surface area contributed by atoms with Gasteiger partial charge in [0.1, 0.15) is 12.3 Å². The first-order valence-electron chi connectivity index (χ1n) is 6.87. The van der Waals surface area contributed by atoms with Crippen LogP contribution in [0.25, 0.3) is 11.4 Å². The fourth-order valence-corrected chi connectivity index (χ4v) is 2.17. The highest BCUT2D eigenvalue weighted by Crippen LogP contribution is 2.19. The molecule has 0 saturated carbocycles. The van der Waals surface area contributed by atoms with E-state index in [4.69, 9.17) is 16.3 Å². The van der Waals surface area contributed by atoms with Gasteiger partial charge in [-0.25, -0.2) is 0 Å². The van der Waals surface area contributed by atoms with Gasteiger partial charge in [0.25, 0.3) is 0 Å². The number of aromatic nitrogens is 4. The van der Waals surface area contributed by atoms with Crippen LogP contribution < -0.4 is 4.74 Å². The monoisotopic (exact) mass is 328 g/mol. The van der Waals surface area contributed by atoms with Crippen LogP contribution in [-0.2, 0) is 6.54 Å². The molecule has 0 aliphatic carbocycles. The molecule has 0 unspecified atom stereocenters. The van der Waals surface area contributed by atoms with Crippen LogP contribution in [0.4, 0.5) is 0 Å². The minimum atomic E-state index is -0.115. The normalized spacial score (nSPS) is 10.5. The maximum absolute atomic E-state index is 12.2. The lowest BCUT2D eigenvalue weighted by atomic mass is 10.1. The zero-order chi connectivity index (χ0) is 16.2. The Kier molecular flexibility index (Phi) is 4.34. The number of methoxy groups -OCH3 is 1. The Morgan fingerprint density at radius 1 is 1.22 bits per heavy atom. The second kappa shape index (κ2) is 6.58. The Labute approximate surface area is 137 Å². The van der Waals surface area contributed by atoms with Gasteiger partial charge in [0.05, 0.1) is 7.11 Å². The molecule has 3 aromatic rings. The van der Waals surface area contributed by atoms with Crippen molar-refractivity contribution in [2.45, 2.75) is 6.54 Å². The third kappa shape index (κ3) is 3.54. The molecule has 0 amide bonds. The molecule has 0 aliphatic heterocycles. The predicted molar refractivity (Wildman–Crippen MR) is 85.6 cm³/mol. The second-order valence-corrected chi connectivity index (χ2v) is 5.24. The highest BCUT2D eigenvalue weighted by molar-refractivity contribution is 6.30. The Morgan fingerprint density at radius 3 is 2.74 bits per heavy atom. The smallest absolute Gasteiger partial charge is 0.205 e. The average molecular weight is 329 g/mol. The molecule has 2 aromatic carbocycles. The lowest BCUT2D eigenvalue weighted by Gasteiger charge is -2.01. The number of halogens is 1. The second-order valence-electron chi connectivity index (χ2n) is 4.81. The standard InChI is InChI=1S/C16H13ClN4O2/c1-23-14-4-2-3-12(9-14)16-18-20-21(19-16)10-15(22)11-5-7-13(17)8-6-11/h2-9H,10H2,1H3. The molecule has 0 radical (unpaired) electrons. The van der Waals surface area contributed by atoms with Crippen molar-refractivity contribution in [3.05, 3.63) is 59.1 Å². The Balaban J connectivity index is 1.76. The van der Waals surface area contributed by atoms with E-state index in [-0.39, 0.29) is 12.3 Å². The fourth-order valence-electron chi connectivity index (χ4n) is 2.04. The largest absolute Gasteiger partial charge is 0.497 e. The summed E-state index contributed by atoms with van der Waals surface area (Å²) in [5, 5.41) is 12.7. The van der Waals surface area contributed by atoms with Crippen LogP contribution in [0.1, 0.15) is 10.4 Å². The number of ketones is 1. The molecule has 0 atom stereocenters. The molecule has 116 valence electrons. The lowest BCUT2D eigenvalue weighted by molar-refractivity contribution is 0.0961. The summed E-state index contributed by atoms with van der Waals surface area (Å²) in [5.74, 6) is 1.03. The summed E-state index contributed by atoms with van der Waals surface area (Å²) in [6.45, 7) is 0.0125. The molecule has 23 heavy (non-hydrogen) atoms. The molecule has 0 N–H and O–H groups in total. The van der Waals surface area contributed by atoms with Gasteiger partial charge in [-0.05, 0) is 41.6 Å². The summed E-state index contributed by atoms with van der Waals surface area (Å²) in [5.41, 5.74) is 1.32. The van der Waals surface area contributed by atoms with Crippen molar-refractivity contribution in [2.24, 2.45) is 0 Å². The van der Waals surface area contributed by atoms with Crippen molar-refractivity contribution in [1.82, 2.24) is 20.2 Å². The highest BCUT2D eigenvalue weighted by atomic mass is 35.5. The van der Waals surface area contributed by atoms with E-state index in [1.807, 2.05) is 24.3 Å². The number of rotatable bonds is 5. The van der Waals surface area contributed by atoms with E-state index in [9.17, 15) is 4.79 Å². The minimum absolute atomic E-state index is 0.0125. The molecule has 7 heteroatoms. The third-order valence-electron chi connectivity index (χ3n) is 3.23. The maximum Gasteiger partial charge on any atom is 0.205 e. The number of hydrogen-bond acceptors (Lipinski definition) is 5. The van der Waals surface area contributed by atoms with Crippen molar-refractivity contribution >= 4 is 17.4 Å². The molecule has 0 aliphatic rings. The zero-order valence-electron chi connectivity index (χ0n) is 12.3. The Hall–Kier alpha value is -2.73. The molecule has 1 aromatic heterocycles. The van der Waals surface area contributed by atoms with Crippen LogP contribution >= 0.6 is 11.6 Å². The van der Waals surface area contributed by atoms with Gasteiger partial charge in [0.2, 0.25) is 5.82 Å². The van der Waals surface area contributed by atoms with Gasteiger partial charge < -0.3 is 4.74 Å². The summed E-state index contributed by atoms with van der Waals surface area (Å²) < 4.78 is 5.17. The van der Waals surface area contributed by atoms with Crippen LogP contribution in [0.2, 0.25) is 5.02 Å². The molecular formula is C16H13ClN4O2. The van der Waals surface area contributed by atoms with E-state index in [0.29, 0.717) is 22.2 Å². The topological polar surface area (TPSA) is 69.9 Å². The van der Waals surface area contributed by atoms with Crippen LogP contribution in [-0.4, -0.2) is 33.1 Å². The summed E-state index contributed by atoms with van der Waals surface area (Å²) in [6, 6.07) is 14.0. The highest BCUT2D eigenvalue weighted by Gasteiger charge is 2.11. The number of hydrogen-bond donors (Lipinski definition) is 0. The Bertz CT molecular complexity index is 830. The number of tetrazole rings is 1. The van der Waals surface area contributed by atoms with Crippen molar-refractivity contribution < 1.29 is 9.53 Å². The number of carbonyl (C=O) groups excluding carboxylic acids is 1. The first-order valence-corrected chi connectivity index (χ1v) is 7.24. The van der Waals surface area contributed by atoms with Crippen LogP contribution in [0.3, 0.4) is 0 Å². The summed E-state index contributed by atoms with van der Waals surface area (Å²) >= 11 is 5.81. The predicted octanol–water partition coefficient (Wildman–Crippen LogP) is 2.89. The summed E-state index contributed by atoms with van der Waals surface area (Å²) in [7, 11) is 1.59. The van der Waals surface area contributed by atoms with Crippen molar-refractivity contribution in [1.29, 1.82) is 0 Å². The average Bonchev–Trinajstić information content (AvgIpc) is 3.04.